The van der Waals surface area contributed by atoms with Crippen LogP contribution < -0.4 is 19.5 Å². The summed E-state index contributed by atoms with van der Waals surface area (Å²) in [6.07, 6.45) is 2.65. The van der Waals surface area contributed by atoms with Gasteiger partial charge in [0.05, 0.1) is 18.3 Å². The van der Waals surface area contributed by atoms with Crippen molar-refractivity contribution >= 4 is 22.5 Å². The first-order chi connectivity index (χ1) is 16.6. The molecule has 0 atom stereocenters. The maximum atomic E-state index is 13.1. The highest BCUT2D eigenvalue weighted by Gasteiger charge is 2.25. The highest BCUT2D eigenvalue weighted by Crippen LogP contribution is 2.32. The molecule has 1 aromatic heterocycles. The van der Waals surface area contributed by atoms with Gasteiger partial charge in [0.25, 0.3) is 0 Å². The average molecular weight is 462 g/mol. The second-order valence-electron chi connectivity index (χ2n) is 9.03. The molecule has 1 amide bonds. The molecule has 1 N–H and O–H groups in total. The molecular formula is C27H31N3O4. The quantitative estimate of drug-likeness (QED) is 0.593. The summed E-state index contributed by atoms with van der Waals surface area (Å²) < 4.78 is 16.7. The number of likely N-dealkylation sites (tertiary alicyclic amines) is 1. The summed E-state index contributed by atoms with van der Waals surface area (Å²) in [5, 5.41) is 4.09. The number of aromatic nitrogens is 1. The molecule has 0 saturated carbocycles. The fourth-order valence-electron chi connectivity index (χ4n) is 4.70. The Morgan fingerprint density at radius 1 is 1.09 bits per heavy atom. The Balaban J connectivity index is 1.17. The molecule has 178 valence electrons. The number of rotatable bonds is 6. The van der Waals surface area contributed by atoms with Crippen LogP contribution in [-0.4, -0.2) is 55.7 Å². The number of hydrogen-bond donors (Lipinski definition) is 1. The zero-order chi connectivity index (χ0) is 23.5. The Labute approximate surface area is 200 Å². The molecule has 7 nitrogen and oxygen atoms in total. The van der Waals surface area contributed by atoms with Gasteiger partial charge in [0.15, 0.2) is 11.5 Å². The number of carbonyl (C=O) groups is 1. The van der Waals surface area contributed by atoms with Crippen molar-refractivity contribution in [2.75, 3.05) is 45.3 Å². The second-order valence-corrected chi connectivity index (χ2v) is 9.03. The molecule has 34 heavy (non-hydrogen) atoms. The highest BCUT2D eigenvalue weighted by atomic mass is 16.6. The van der Waals surface area contributed by atoms with Crippen LogP contribution in [0, 0.1) is 12.8 Å². The van der Waals surface area contributed by atoms with Crippen LogP contribution in [0.1, 0.15) is 24.1 Å². The van der Waals surface area contributed by atoms with Crippen molar-refractivity contribution in [2.24, 2.45) is 5.92 Å². The number of anilines is 1. The number of hydrogen-bond acceptors (Lipinski definition) is 6. The van der Waals surface area contributed by atoms with Gasteiger partial charge in [-0.2, -0.15) is 0 Å². The third-order valence-electron chi connectivity index (χ3n) is 6.68. The van der Waals surface area contributed by atoms with E-state index in [-0.39, 0.29) is 11.8 Å². The fraction of sp³-hybridized carbons (Fsp3) is 0.407. The minimum Gasteiger partial charge on any atom is -0.497 e. The van der Waals surface area contributed by atoms with Gasteiger partial charge in [-0.15, -0.1) is 0 Å². The number of methoxy groups -OCH3 is 1. The van der Waals surface area contributed by atoms with Crippen LogP contribution in [0.5, 0.6) is 17.2 Å². The van der Waals surface area contributed by atoms with E-state index in [1.165, 1.54) is 5.56 Å². The Bertz CT molecular complexity index is 1190. The summed E-state index contributed by atoms with van der Waals surface area (Å²) in [6.45, 7) is 5.97. The maximum absolute atomic E-state index is 13.1. The van der Waals surface area contributed by atoms with Crippen LogP contribution in [0.25, 0.3) is 10.9 Å². The lowest BCUT2D eigenvalue weighted by Crippen LogP contribution is -2.39. The third kappa shape index (κ3) is 4.94. The number of nitrogens with zero attached hydrogens (tertiary/aromatic N) is 2. The SMILES string of the molecule is COc1cc(NC(=O)C2CCN(CCc3ccc4c(c3)OCCO4)CC2)c2nc(C)ccc2c1. The smallest absolute Gasteiger partial charge is 0.227 e. The van der Waals surface area contributed by atoms with Gasteiger partial charge in [0, 0.05) is 29.6 Å². The molecule has 7 heteroatoms. The first-order valence-electron chi connectivity index (χ1n) is 12.0. The highest BCUT2D eigenvalue weighted by molar-refractivity contribution is 6.02. The van der Waals surface area contributed by atoms with Crippen molar-refractivity contribution < 1.29 is 19.0 Å². The van der Waals surface area contributed by atoms with E-state index in [1.807, 2.05) is 37.3 Å². The number of piperidine rings is 1. The van der Waals surface area contributed by atoms with Gasteiger partial charge >= 0.3 is 0 Å². The van der Waals surface area contributed by atoms with Gasteiger partial charge in [-0.1, -0.05) is 12.1 Å². The van der Waals surface area contributed by atoms with Gasteiger partial charge in [-0.05, 0) is 69.1 Å². The van der Waals surface area contributed by atoms with Crippen molar-refractivity contribution in [1.82, 2.24) is 9.88 Å². The minimum absolute atomic E-state index is 0.00314. The Morgan fingerprint density at radius 2 is 1.88 bits per heavy atom. The number of pyridine rings is 1. The van der Waals surface area contributed by atoms with E-state index in [1.54, 1.807) is 7.11 Å². The number of fused-ring (bicyclic) bond motifs is 2. The number of aryl methyl sites for hydroxylation is 1. The van der Waals surface area contributed by atoms with Gasteiger partial charge < -0.3 is 24.4 Å². The number of nitrogens with one attached hydrogen (secondary N) is 1. The zero-order valence-corrected chi connectivity index (χ0v) is 19.8. The van der Waals surface area contributed by atoms with Gasteiger partial charge in [0.1, 0.15) is 19.0 Å². The molecule has 0 radical (unpaired) electrons. The van der Waals surface area contributed by atoms with Crippen LogP contribution in [0.2, 0.25) is 0 Å². The lowest BCUT2D eigenvalue weighted by Gasteiger charge is -2.31. The molecule has 1 saturated heterocycles. The van der Waals surface area contributed by atoms with Crippen molar-refractivity contribution in [2.45, 2.75) is 26.2 Å². The zero-order valence-electron chi connectivity index (χ0n) is 19.8. The largest absolute Gasteiger partial charge is 0.497 e. The van der Waals surface area contributed by atoms with Crippen LogP contribution in [0.4, 0.5) is 5.69 Å². The van der Waals surface area contributed by atoms with Crippen molar-refractivity contribution in [3.05, 3.63) is 53.7 Å². The van der Waals surface area contributed by atoms with Crippen LogP contribution in [-0.2, 0) is 11.2 Å². The predicted octanol–water partition coefficient (Wildman–Crippen LogP) is 4.22. The summed E-state index contributed by atoms with van der Waals surface area (Å²) in [6, 6.07) is 14.0. The Kier molecular flexibility index (Phi) is 6.54. The molecule has 2 aromatic carbocycles. The number of carbonyl (C=O) groups excluding carboxylic acids is 1. The number of ether oxygens (including phenoxy) is 3. The molecule has 0 bridgehead atoms. The fourth-order valence-corrected chi connectivity index (χ4v) is 4.70. The molecule has 2 aliphatic rings. The summed E-state index contributed by atoms with van der Waals surface area (Å²) >= 11 is 0. The molecule has 5 rings (SSSR count). The molecule has 3 heterocycles. The molecule has 2 aliphatic heterocycles. The van der Waals surface area contributed by atoms with Crippen LogP contribution in [0.3, 0.4) is 0 Å². The topological polar surface area (TPSA) is 72.9 Å². The molecule has 0 unspecified atom stereocenters. The van der Waals surface area contributed by atoms with E-state index < -0.39 is 0 Å². The van der Waals surface area contributed by atoms with Crippen molar-refractivity contribution in [3.8, 4) is 17.2 Å². The van der Waals surface area contributed by atoms with Crippen molar-refractivity contribution in [3.63, 3.8) is 0 Å². The molecule has 3 aromatic rings. The average Bonchev–Trinajstić information content (AvgIpc) is 2.87. The predicted molar refractivity (Wildman–Crippen MR) is 132 cm³/mol. The first kappa shape index (κ1) is 22.5. The van der Waals surface area contributed by atoms with Gasteiger partial charge in [0.2, 0.25) is 5.91 Å². The lowest BCUT2D eigenvalue weighted by molar-refractivity contribution is -0.121. The number of amides is 1. The Morgan fingerprint density at radius 3 is 2.68 bits per heavy atom. The monoisotopic (exact) mass is 461 g/mol. The summed E-state index contributed by atoms with van der Waals surface area (Å²) in [7, 11) is 1.63. The number of benzene rings is 2. The van der Waals surface area contributed by atoms with Gasteiger partial charge in [-0.3, -0.25) is 9.78 Å². The van der Waals surface area contributed by atoms with Crippen LogP contribution >= 0.6 is 0 Å². The second kappa shape index (κ2) is 9.89. The standard InChI is InChI=1S/C27H31N3O4/c1-18-3-5-21-16-22(32-2)17-23(26(21)28-18)29-27(31)20-8-11-30(12-9-20)10-7-19-4-6-24-25(15-19)34-14-13-33-24/h3-6,15-17,20H,7-14H2,1-2H3,(H,29,31). The summed E-state index contributed by atoms with van der Waals surface area (Å²) in [5.41, 5.74) is 3.67. The third-order valence-corrected chi connectivity index (χ3v) is 6.68. The molecule has 0 spiro atoms. The molecule has 0 aliphatic carbocycles. The first-order valence-corrected chi connectivity index (χ1v) is 12.0. The summed E-state index contributed by atoms with van der Waals surface area (Å²) in [5.74, 6) is 2.44. The normalized spacial score (nSPS) is 16.4. The van der Waals surface area contributed by atoms with E-state index in [2.05, 4.69) is 27.3 Å². The Hall–Kier alpha value is -3.32. The summed E-state index contributed by atoms with van der Waals surface area (Å²) in [4.78, 5) is 20.2. The molecular weight excluding hydrogens is 430 g/mol. The van der Waals surface area contributed by atoms with E-state index in [9.17, 15) is 4.79 Å². The van der Waals surface area contributed by atoms with Crippen molar-refractivity contribution in [1.29, 1.82) is 0 Å². The van der Waals surface area contributed by atoms with Crippen LogP contribution in [0.15, 0.2) is 42.5 Å². The van der Waals surface area contributed by atoms with Gasteiger partial charge in [-0.25, -0.2) is 0 Å². The molecule has 1 fully saturated rings. The van der Waals surface area contributed by atoms with E-state index >= 15 is 0 Å². The van der Waals surface area contributed by atoms with E-state index in [0.717, 1.165) is 67.0 Å². The minimum atomic E-state index is -0.00314. The lowest BCUT2D eigenvalue weighted by atomic mass is 9.95. The maximum Gasteiger partial charge on any atom is 0.227 e. The van der Waals surface area contributed by atoms with E-state index in [0.29, 0.717) is 24.7 Å². The van der Waals surface area contributed by atoms with E-state index in [4.69, 9.17) is 14.2 Å².